The Bertz CT molecular complexity index is 418. The van der Waals surface area contributed by atoms with E-state index in [9.17, 15) is 14.7 Å². The molecule has 2 amide bonds. The molecule has 1 aromatic rings. The van der Waals surface area contributed by atoms with Crippen molar-refractivity contribution in [3.63, 3.8) is 0 Å². The number of hydrogen-bond acceptors (Lipinski definition) is 3. The van der Waals surface area contributed by atoms with Crippen molar-refractivity contribution in [2.75, 3.05) is 0 Å². The first-order valence-corrected chi connectivity index (χ1v) is 6.32. The van der Waals surface area contributed by atoms with Crippen molar-refractivity contribution in [3.05, 3.63) is 35.9 Å². The largest absolute Gasteiger partial charge is 0.378 e. The Morgan fingerprint density at radius 2 is 1.79 bits per heavy atom. The maximum Gasteiger partial charge on any atom is 0.271 e. The Morgan fingerprint density at radius 3 is 2.37 bits per heavy atom. The second-order valence-corrected chi connectivity index (χ2v) is 4.78. The third-order valence-corrected chi connectivity index (χ3v) is 2.64. The fourth-order valence-electron chi connectivity index (χ4n) is 1.47. The number of carbonyl (C=O) groups excluding carboxylic acids is 2. The molecule has 0 aromatic heterocycles. The minimum Gasteiger partial charge on any atom is -0.378 e. The smallest absolute Gasteiger partial charge is 0.271 e. The van der Waals surface area contributed by atoms with Gasteiger partial charge in [-0.05, 0) is 17.9 Å². The number of carbonyl (C=O) groups is 2. The molecule has 5 nitrogen and oxygen atoms in total. The van der Waals surface area contributed by atoms with E-state index in [4.69, 9.17) is 0 Å². The topological polar surface area (TPSA) is 78.4 Å². The van der Waals surface area contributed by atoms with Crippen molar-refractivity contribution in [2.45, 2.75) is 32.8 Å². The van der Waals surface area contributed by atoms with Crippen LogP contribution in [0, 0.1) is 5.92 Å². The fraction of sp³-hybridized carbons (Fsp3) is 0.429. The van der Waals surface area contributed by atoms with E-state index in [0.717, 1.165) is 6.42 Å². The Balaban J connectivity index is 2.37. The van der Waals surface area contributed by atoms with Crippen LogP contribution in [0.2, 0.25) is 0 Å². The Morgan fingerprint density at radius 1 is 1.16 bits per heavy atom. The highest BCUT2D eigenvalue weighted by atomic mass is 16.3. The molecule has 0 heterocycles. The van der Waals surface area contributed by atoms with Gasteiger partial charge in [-0.15, -0.1) is 0 Å². The van der Waals surface area contributed by atoms with Crippen LogP contribution < -0.4 is 10.9 Å². The zero-order valence-electron chi connectivity index (χ0n) is 11.2. The van der Waals surface area contributed by atoms with E-state index in [2.05, 4.69) is 10.9 Å². The van der Waals surface area contributed by atoms with Crippen molar-refractivity contribution >= 4 is 11.8 Å². The molecule has 19 heavy (non-hydrogen) atoms. The molecule has 0 saturated heterocycles. The molecule has 104 valence electrons. The molecular formula is C14H20N2O3. The zero-order chi connectivity index (χ0) is 14.3. The first kappa shape index (κ1) is 15.2. The maximum absolute atomic E-state index is 11.6. The average Bonchev–Trinajstić information content (AvgIpc) is 2.42. The van der Waals surface area contributed by atoms with Gasteiger partial charge >= 0.3 is 0 Å². The summed E-state index contributed by atoms with van der Waals surface area (Å²) in [6.45, 7) is 4.04. The van der Waals surface area contributed by atoms with Crippen molar-refractivity contribution in [3.8, 4) is 0 Å². The first-order chi connectivity index (χ1) is 9.00. The summed E-state index contributed by atoms with van der Waals surface area (Å²) in [5.74, 6) is -0.484. The van der Waals surface area contributed by atoms with Crippen molar-refractivity contribution < 1.29 is 14.7 Å². The molecule has 0 aliphatic heterocycles. The number of aliphatic hydroxyl groups is 1. The zero-order valence-corrected chi connectivity index (χ0v) is 11.2. The molecule has 0 aliphatic rings. The number of amides is 2. The van der Waals surface area contributed by atoms with Gasteiger partial charge in [-0.1, -0.05) is 44.2 Å². The van der Waals surface area contributed by atoms with Gasteiger partial charge in [0.05, 0.1) is 0 Å². The number of benzene rings is 1. The quantitative estimate of drug-likeness (QED) is 0.701. The van der Waals surface area contributed by atoms with Gasteiger partial charge < -0.3 is 5.11 Å². The van der Waals surface area contributed by atoms with Crippen LogP contribution in [0.5, 0.6) is 0 Å². The molecule has 0 spiro atoms. The lowest BCUT2D eigenvalue weighted by Gasteiger charge is -2.12. The third-order valence-electron chi connectivity index (χ3n) is 2.64. The van der Waals surface area contributed by atoms with E-state index in [0.29, 0.717) is 17.9 Å². The van der Waals surface area contributed by atoms with Crippen LogP contribution >= 0.6 is 0 Å². The van der Waals surface area contributed by atoms with Gasteiger partial charge in [-0.2, -0.15) is 0 Å². The number of nitrogens with one attached hydrogen (secondary N) is 2. The summed E-state index contributed by atoms with van der Waals surface area (Å²) in [5.41, 5.74) is 4.99. The SMILES string of the molecule is CC(C)CCC(=O)NNC(=O)C(O)c1ccccc1. The molecular weight excluding hydrogens is 244 g/mol. The minimum absolute atomic E-state index is 0.262. The van der Waals surface area contributed by atoms with E-state index in [1.165, 1.54) is 0 Å². The van der Waals surface area contributed by atoms with E-state index >= 15 is 0 Å². The predicted octanol–water partition coefficient (Wildman–Crippen LogP) is 1.30. The summed E-state index contributed by atoms with van der Waals surface area (Å²) < 4.78 is 0. The van der Waals surface area contributed by atoms with Gasteiger partial charge in [0.1, 0.15) is 0 Å². The molecule has 0 aliphatic carbocycles. The maximum atomic E-state index is 11.6. The van der Waals surface area contributed by atoms with Crippen LogP contribution in [-0.4, -0.2) is 16.9 Å². The van der Waals surface area contributed by atoms with Gasteiger partial charge in [-0.25, -0.2) is 0 Å². The standard InChI is InChI=1S/C14H20N2O3/c1-10(2)8-9-12(17)15-16-14(19)13(18)11-6-4-3-5-7-11/h3-7,10,13,18H,8-9H2,1-2H3,(H,15,17)(H,16,19). The van der Waals surface area contributed by atoms with Crippen LogP contribution in [0.15, 0.2) is 30.3 Å². The van der Waals surface area contributed by atoms with Crippen LogP contribution in [0.3, 0.4) is 0 Å². The molecule has 0 fully saturated rings. The number of hydrazine groups is 1. The highest BCUT2D eigenvalue weighted by molar-refractivity contribution is 5.85. The van der Waals surface area contributed by atoms with Crippen LogP contribution in [-0.2, 0) is 9.59 Å². The molecule has 0 bridgehead atoms. The van der Waals surface area contributed by atoms with Gasteiger partial charge in [0.25, 0.3) is 5.91 Å². The van der Waals surface area contributed by atoms with Crippen molar-refractivity contribution in [2.24, 2.45) is 5.92 Å². The summed E-state index contributed by atoms with van der Waals surface area (Å²) in [7, 11) is 0. The monoisotopic (exact) mass is 264 g/mol. The molecule has 1 unspecified atom stereocenters. The van der Waals surface area contributed by atoms with Crippen molar-refractivity contribution in [1.82, 2.24) is 10.9 Å². The molecule has 3 N–H and O–H groups in total. The summed E-state index contributed by atoms with van der Waals surface area (Å²) >= 11 is 0. The lowest BCUT2D eigenvalue weighted by Crippen LogP contribution is -2.43. The number of aliphatic hydroxyl groups excluding tert-OH is 1. The minimum atomic E-state index is -1.29. The van der Waals surface area contributed by atoms with E-state index < -0.39 is 12.0 Å². The fourth-order valence-corrected chi connectivity index (χ4v) is 1.47. The van der Waals surface area contributed by atoms with E-state index in [1.54, 1.807) is 30.3 Å². The summed E-state index contributed by atoms with van der Waals surface area (Å²) in [4.78, 5) is 23.0. The second kappa shape index (κ2) is 7.53. The Labute approximate surface area is 113 Å². The van der Waals surface area contributed by atoms with Gasteiger partial charge in [-0.3, -0.25) is 20.4 Å². The highest BCUT2D eigenvalue weighted by Crippen LogP contribution is 2.11. The van der Waals surface area contributed by atoms with Gasteiger partial charge in [0, 0.05) is 6.42 Å². The second-order valence-electron chi connectivity index (χ2n) is 4.78. The lowest BCUT2D eigenvalue weighted by atomic mass is 10.1. The molecule has 5 heteroatoms. The van der Waals surface area contributed by atoms with E-state index in [1.807, 2.05) is 13.8 Å². The normalized spacial score (nSPS) is 12.0. The third kappa shape index (κ3) is 5.52. The van der Waals surface area contributed by atoms with E-state index in [-0.39, 0.29) is 5.91 Å². The average molecular weight is 264 g/mol. The molecule has 0 saturated carbocycles. The van der Waals surface area contributed by atoms with Crippen LogP contribution in [0.1, 0.15) is 38.4 Å². The van der Waals surface area contributed by atoms with Crippen molar-refractivity contribution in [1.29, 1.82) is 0 Å². The molecule has 1 aromatic carbocycles. The highest BCUT2D eigenvalue weighted by Gasteiger charge is 2.17. The first-order valence-electron chi connectivity index (χ1n) is 6.32. The predicted molar refractivity (Wildman–Crippen MR) is 71.8 cm³/mol. The molecule has 0 radical (unpaired) electrons. The molecule has 1 rings (SSSR count). The Hall–Kier alpha value is -1.88. The van der Waals surface area contributed by atoms with Gasteiger partial charge in [0.2, 0.25) is 5.91 Å². The Kier molecular flexibility index (Phi) is 6.02. The van der Waals surface area contributed by atoms with Gasteiger partial charge in [0.15, 0.2) is 6.10 Å². The van der Waals surface area contributed by atoms with Crippen LogP contribution in [0.4, 0.5) is 0 Å². The number of hydrogen-bond donors (Lipinski definition) is 3. The summed E-state index contributed by atoms with van der Waals surface area (Å²) in [6, 6.07) is 8.54. The lowest BCUT2D eigenvalue weighted by molar-refractivity contribution is -0.134. The summed E-state index contributed by atoms with van der Waals surface area (Å²) in [5, 5.41) is 9.76. The number of rotatable bonds is 5. The van der Waals surface area contributed by atoms with Crippen LogP contribution in [0.25, 0.3) is 0 Å². The summed E-state index contributed by atoms with van der Waals surface area (Å²) in [6.07, 6.45) is -0.186. The molecule has 1 atom stereocenters.